The summed E-state index contributed by atoms with van der Waals surface area (Å²) >= 11 is 0. The average Bonchev–Trinajstić information content (AvgIpc) is 2.72. The number of anilines is 1. The van der Waals surface area contributed by atoms with Gasteiger partial charge < -0.3 is 19.4 Å². The second-order valence-electron chi connectivity index (χ2n) is 6.13. The van der Waals surface area contributed by atoms with Gasteiger partial charge in [-0.3, -0.25) is 9.59 Å². The molecule has 7 nitrogen and oxygen atoms in total. The number of aryl methyl sites for hydroxylation is 1. The van der Waals surface area contributed by atoms with Crippen LogP contribution in [-0.4, -0.2) is 36.6 Å². The highest BCUT2D eigenvalue weighted by atomic mass is 16.6. The van der Waals surface area contributed by atoms with Gasteiger partial charge in [0, 0.05) is 12.7 Å². The lowest BCUT2D eigenvalue weighted by atomic mass is 10.1. The highest BCUT2D eigenvalue weighted by Crippen LogP contribution is 2.17. The number of hydrogen-bond acceptors (Lipinski definition) is 6. The number of benzene rings is 1. The molecule has 0 aliphatic carbocycles. The van der Waals surface area contributed by atoms with E-state index in [1.54, 1.807) is 50.4 Å². The molecule has 0 fully saturated rings. The Morgan fingerprint density at radius 3 is 2.76 bits per heavy atom. The van der Waals surface area contributed by atoms with Crippen LogP contribution in [0.3, 0.4) is 0 Å². The number of ketones is 1. The van der Waals surface area contributed by atoms with Crippen LogP contribution in [0, 0.1) is 19.3 Å². The van der Waals surface area contributed by atoms with Crippen molar-refractivity contribution >= 4 is 23.5 Å². The van der Waals surface area contributed by atoms with Crippen molar-refractivity contribution in [3.8, 4) is 18.1 Å². The van der Waals surface area contributed by atoms with Gasteiger partial charge in [0.25, 0.3) is 5.56 Å². The fourth-order valence-electron chi connectivity index (χ4n) is 2.51. The van der Waals surface area contributed by atoms with Crippen molar-refractivity contribution in [1.29, 1.82) is 0 Å². The van der Waals surface area contributed by atoms with Crippen molar-refractivity contribution in [2.24, 2.45) is 7.05 Å². The van der Waals surface area contributed by atoms with Crippen LogP contribution in [0.2, 0.25) is 0 Å². The van der Waals surface area contributed by atoms with Gasteiger partial charge in [-0.05, 0) is 36.8 Å². The fourth-order valence-corrected chi connectivity index (χ4v) is 2.51. The number of allylic oxidation sites excluding steroid dienone is 1. The summed E-state index contributed by atoms with van der Waals surface area (Å²) < 4.78 is 11.3. The van der Waals surface area contributed by atoms with Crippen LogP contribution in [0.1, 0.15) is 21.6 Å². The quantitative estimate of drug-likeness (QED) is 0.320. The Hall–Kier alpha value is -3.79. The highest BCUT2D eigenvalue weighted by molar-refractivity contribution is 6.10. The average molecular weight is 394 g/mol. The zero-order valence-electron chi connectivity index (χ0n) is 16.5. The molecule has 2 aromatic rings. The monoisotopic (exact) mass is 394 g/mol. The van der Waals surface area contributed by atoms with E-state index in [9.17, 15) is 14.4 Å². The first-order valence-corrected chi connectivity index (χ1v) is 8.77. The SMILES string of the molecule is C#CCNc1cc(C)n(C)c(=O)c1C(=O)/C=C/c1cccc(OCC(=O)OC)c1. The molecule has 0 radical (unpaired) electrons. The zero-order valence-corrected chi connectivity index (χ0v) is 16.5. The second-order valence-corrected chi connectivity index (χ2v) is 6.13. The Morgan fingerprint density at radius 2 is 2.07 bits per heavy atom. The van der Waals surface area contributed by atoms with E-state index in [-0.39, 0.29) is 18.7 Å². The van der Waals surface area contributed by atoms with E-state index >= 15 is 0 Å². The lowest BCUT2D eigenvalue weighted by molar-refractivity contribution is -0.142. The molecule has 2 rings (SSSR count). The summed E-state index contributed by atoms with van der Waals surface area (Å²) in [7, 11) is 2.88. The molecule has 7 heteroatoms. The van der Waals surface area contributed by atoms with Crippen LogP contribution < -0.4 is 15.6 Å². The number of ether oxygens (including phenoxy) is 2. The number of pyridine rings is 1. The maximum absolute atomic E-state index is 12.7. The molecule has 1 aromatic heterocycles. The maximum atomic E-state index is 12.7. The molecule has 29 heavy (non-hydrogen) atoms. The molecular formula is C22H22N2O5. The van der Waals surface area contributed by atoms with E-state index in [2.05, 4.69) is 16.0 Å². The molecule has 0 unspecified atom stereocenters. The normalized spacial score (nSPS) is 10.4. The van der Waals surface area contributed by atoms with Gasteiger partial charge in [0.05, 0.1) is 19.3 Å². The third-order valence-electron chi connectivity index (χ3n) is 4.17. The lowest BCUT2D eigenvalue weighted by Gasteiger charge is -2.12. The van der Waals surface area contributed by atoms with Crippen LogP contribution in [0.25, 0.3) is 6.08 Å². The summed E-state index contributed by atoms with van der Waals surface area (Å²) in [5, 5.41) is 2.92. The maximum Gasteiger partial charge on any atom is 0.343 e. The number of esters is 1. The second kappa shape index (κ2) is 9.95. The summed E-state index contributed by atoms with van der Waals surface area (Å²) in [4.78, 5) is 36.5. The number of hydrogen-bond donors (Lipinski definition) is 1. The first-order valence-electron chi connectivity index (χ1n) is 8.77. The fraction of sp³-hybridized carbons (Fsp3) is 0.227. The molecule has 0 atom stereocenters. The molecule has 0 aliphatic heterocycles. The van der Waals surface area contributed by atoms with Crippen LogP contribution >= 0.6 is 0 Å². The Labute approximate surface area is 169 Å². The van der Waals surface area contributed by atoms with Crippen molar-refractivity contribution < 1.29 is 19.1 Å². The van der Waals surface area contributed by atoms with Crippen LogP contribution in [0.5, 0.6) is 5.75 Å². The smallest absolute Gasteiger partial charge is 0.343 e. The van der Waals surface area contributed by atoms with E-state index in [4.69, 9.17) is 11.2 Å². The summed E-state index contributed by atoms with van der Waals surface area (Å²) in [5.41, 5.74) is 1.37. The van der Waals surface area contributed by atoms with E-state index < -0.39 is 17.3 Å². The van der Waals surface area contributed by atoms with Gasteiger partial charge in [0.2, 0.25) is 0 Å². The number of nitrogens with zero attached hydrogens (tertiary/aromatic N) is 1. The van der Waals surface area contributed by atoms with Crippen molar-refractivity contribution in [3.05, 3.63) is 63.6 Å². The Kier molecular flexibility index (Phi) is 7.38. The molecule has 0 bridgehead atoms. The van der Waals surface area contributed by atoms with Gasteiger partial charge in [-0.2, -0.15) is 0 Å². The predicted molar refractivity (Wildman–Crippen MR) is 111 cm³/mol. The number of terminal acetylenes is 1. The van der Waals surface area contributed by atoms with E-state index in [0.717, 1.165) is 0 Å². The number of aromatic nitrogens is 1. The largest absolute Gasteiger partial charge is 0.482 e. The molecule has 0 amide bonds. The number of nitrogens with one attached hydrogen (secondary N) is 1. The van der Waals surface area contributed by atoms with Crippen molar-refractivity contribution in [2.45, 2.75) is 6.92 Å². The number of carbonyl (C=O) groups is 2. The van der Waals surface area contributed by atoms with Gasteiger partial charge in [-0.25, -0.2) is 4.79 Å². The topological polar surface area (TPSA) is 86.6 Å². The predicted octanol–water partition coefficient (Wildman–Crippen LogP) is 2.19. The molecule has 1 N–H and O–H groups in total. The van der Waals surface area contributed by atoms with E-state index in [1.165, 1.54) is 17.8 Å². The minimum atomic E-state index is -0.497. The third-order valence-corrected chi connectivity index (χ3v) is 4.17. The summed E-state index contributed by atoms with van der Waals surface area (Å²) in [6, 6.07) is 8.54. The Bertz CT molecular complexity index is 1040. The van der Waals surface area contributed by atoms with E-state index in [1.807, 2.05) is 0 Å². The van der Waals surface area contributed by atoms with Crippen molar-refractivity contribution in [2.75, 3.05) is 25.6 Å². The summed E-state index contributed by atoms with van der Waals surface area (Å²) in [6.07, 6.45) is 8.15. The summed E-state index contributed by atoms with van der Waals surface area (Å²) in [6.45, 7) is 1.74. The Balaban J connectivity index is 2.27. The van der Waals surface area contributed by atoms with Crippen LogP contribution in [0.15, 0.2) is 41.2 Å². The molecule has 0 spiro atoms. The summed E-state index contributed by atoms with van der Waals surface area (Å²) in [5.74, 6) is 1.93. The minimum Gasteiger partial charge on any atom is -0.482 e. The third kappa shape index (κ3) is 5.59. The van der Waals surface area contributed by atoms with Gasteiger partial charge >= 0.3 is 5.97 Å². The van der Waals surface area contributed by atoms with Gasteiger partial charge in [-0.15, -0.1) is 6.42 Å². The molecular weight excluding hydrogens is 372 g/mol. The van der Waals surface area contributed by atoms with Gasteiger partial charge in [-0.1, -0.05) is 24.1 Å². The lowest BCUT2D eigenvalue weighted by Crippen LogP contribution is -2.27. The van der Waals surface area contributed by atoms with Crippen molar-refractivity contribution in [1.82, 2.24) is 4.57 Å². The van der Waals surface area contributed by atoms with Gasteiger partial charge in [0.1, 0.15) is 11.3 Å². The van der Waals surface area contributed by atoms with Crippen LogP contribution in [0.4, 0.5) is 5.69 Å². The first kappa shape index (κ1) is 21.5. The molecule has 0 aliphatic rings. The first-order chi connectivity index (χ1) is 13.9. The number of carbonyl (C=O) groups excluding carboxylic acids is 2. The highest BCUT2D eigenvalue weighted by Gasteiger charge is 2.16. The van der Waals surface area contributed by atoms with Gasteiger partial charge in [0.15, 0.2) is 12.4 Å². The molecule has 0 saturated heterocycles. The molecule has 0 saturated carbocycles. The standard InChI is InChI=1S/C22H22N2O5/c1-5-11-23-18-12-15(2)24(3)22(27)21(18)19(25)10-9-16-7-6-8-17(13-16)29-14-20(26)28-4/h1,6-10,12-13,23H,11,14H2,2-4H3/b10-9+. The van der Waals surface area contributed by atoms with E-state index in [0.29, 0.717) is 22.7 Å². The zero-order chi connectivity index (χ0) is 21.4. The number of rotatable bonds is 8. The van der Waals surface area contributed by atoms with Crippen LogP contribution in [-0.2, 0) is 16.6 Å². The minimum absolute atomic E-state index is 0.0164. The van der Waals surface area contributed by atoms with Crippen molar-refractivity contribution in [3.63, 3.8) is 0 Å². The number of methoxy groups -OCH3 is 1. The molecule has 1 heterocycles. The molecule has 150 valence electrons. The Morgan fingerprint density at radius 1 is 1.31 bits per heavy atom. The molecule has 1 aromatic carbocycles.